The standard InChI is InChI=1S/C12H9FN2O3/c13-9-3-1-2-8(4-9)12-14-5-10(6-15-12)18-7-11(16)17/h1-6H,7H2,(H,16,17). The molecule has 0 aliphatic heterocycles. The molecule has 0 aliphatic rings. The molecule has 0 aliphatic carbocycles. The molecule has 0 radical (unpaired) electrons. The lowest BCUT2D eigenvalue weighted by Gasteiger charge is -2.03. The number of hydrogen-bond donors (Lipinski definition) is 1. The van der Waals surface area contributed by atoms with Crippen LogP contribution >= 0.6 is 0 Å². The Morgan fingerprint density at radius 1 is 1.33 bits per heavy atom. The first-order chi connectivity index (χ1) is 8.65. The molecule has 0 bridgehead atoms. The summed E-state index contributed by atoms with van der Waals surface area (Å²) < 4.78 is 17.9. The monoisotopic (exact) mass is 248 g/mol. The third-order valence-corrected chi connectivity index (χ3v) is 2.07. The van der Waals surface area contributed by atoms with Gasteiger partial charge in [0.25, 0.3) is 0 Å². The van der Waals surface area contributed by atoms with Crippen molar-refractivity contribution in [2.75, 3.05) is 6.61 Å². The van der Waals surface area contributed by atoms with Gasteiger partial charge in [0.05, 0.1) is 12.4 Å². The molecule has 1 N–H and O–H groups in total. The Hall–Kier alpha value is -2.50. The SMILES string of the molecule is O=C(O)COc1cnc(-c2cccc(F)c2)nc1. The van der Waals surface area contributed by atoms with Gasteiger partial charge in [-0.2, -0.15) is 0 Å². The predicted molar refractivity (Wildman–Crippen MR) is 60.6 cm³/mol. The van der Waals surface area contributed by atoms with E-state index in [4.69, 9.17) is 9.84 Å². The fourth-order valence-electron chi connectivity index (χ4n) is 1.31. The van der Waals surface area contributed by atoms with Gasteiger partial charge in [-0.25, -0.2) is 19.2 Å². The predicted octanol–water partition coefficient (Wildman–Crippen LogP) is 1.75. The number of ether oxygens (including phenoxy) is 1. The summed E-state index contributed by atoms with van der Waals surface area (Å²) >= 11 is 0. The minimum absolute atomic E-state index is 0.248. The largest absolute Gasteiger partial charge is 0.479 e. The lowest BCUT2D eigenvalue weighted by Crippen LogP contribution is -2.09. The Kier molecular flexibility index (Phi) is 3.47. The quantitative estimate of drug-likeness (QED) is 0.892. The van der Waals surface area contributed by atoms with Gasteiger partial charge in [0.1, 0.15) is 5.82 Å². The van der Waals surface area contributed by atoms with Crippen molar-refractivity contribution in [3.05, 3.63) is 42.5 Å². The van der Waals surface area contributed by atoms with Crippen molar-refractivity contribution in [2.24, 2.45) is 0 Å². The van der Waals surface area contributed by atoms with Crippen molar-refractivity contribution in [3.63, 3.8) is 0 Å². The molecule has 0 amide bonds. The molecule has 0 fully saturated rings. The maximum atomic E-state index is 13.0. The normalized spacial score (nSPS) is 10.1. The molecule has 0 unspecified atom stereocenters. The minimum Gasteiger partial charge on any atom is -0.479 e. The summed E-state index contributed by atoms with van der Waals surface area (Å²) in [5, 5.41) is 8.43. The van der Waals surface area contributed by atoms with Gasteiger partial charge >= 0.3 is 5.97 Å². The van der Waals surface area contributed by atoms with Gasteiger partial charge < -0.3 is 9.84 Å². The van der Waals surface area contributed by atoms with Crippen molar-refractivity contribution in [1.82, 2.24) is 9.97 Å². The second kappa shape index (κ2) is 5.22. The fraction of sp³-hybridized carbons (Fsp3) is 0.0833. The van der Waals surface area contributed by atoms with Gasteiger partial charge in [-0.1, -0.05) is 12.1 Å². The number of benzene rings is 1. The first kappa shape index (κ1) is 12.0. The van der Waals surface area contributed by atoms with Gasteiger partial charge in [-0.15, -0.1) is 0 Å². The van der Waals surface area contributed by atoms with Crippen LogP contribution in [-0.4, -0.2) is 27.7 Å². The second-order valence-electron chi connectivity index (χ2n) is 3.44. The van der Waals surface area contributed by atoms with E-state index in [0.29, 0.717) is 11.4 Å². The molecular formula is C12H9FN2O3. The number of aliphatic carboxylic acids is 1. The van der Waals surface area contributed by atoms with E-state index in [1.807, 2.05) is 0 Å². The highest BCUT2D eigenvalue weighted by molar-refractivity contribution is 5.68. The number of halogens is 1. The molecule has 6 heteroatoms. The second-order valence-corrected chi connectivity index (χ2v) is 3.44. The summed E-state index contributed by atoms with van der Waals surface area (Å²) in [4.78, 5) is 18.2. The van der Waals surface area contributed by atoms with Crippen LogP contribution in [0.2, 0.25) is 0 Å². The Morgan fingerprint density at radius 2 is 2.06 bits per heavy atom. The Morgan fingerprint density at radius 3 is 2.67 bits per heavy atom. The van der Waals surface area contributed by atoms with Crippen LogP contribution in [-0.2, 0) is 4.79 Å². The third kappa shape index (κ3) is 3.00. The lowest BCUT2D eigenvalue weighted by molar-refractivity contribution is -0.139. The van der Waals surface area contributed by atoms with Crippen molar-refractivity contribution in [1.29, 1.82) is 0 Å². The number of rotatable bonds is 4. The van der Waals surface area contributed by atoms with E-state index in [1.165, 1.54) is 24.5 Å². The van der Waals surface area contributed by atoms with Crippen LogP contribution < -0.4 is 4.74 Å². The summed E-state index contributed by atoms with van der Waals surface area (Å²) in [5.74, 6) is -0.860. The molecule has 18 heavy (non-hydrogen) atoms. The summed E-state index contributed by atoms with van der Waals surface area (Å²) in [5.41, 5.74) is 0.541. The van der Waals surface area contributed by atoms with Crippen molar-refractivity contribution in [2.45, 2.75) is 0 Å². The van der Waals surface area contributed by atoms with Crippen LogP contribution in [0, 0.1) is 5.82 Å². The van der Waals surface area contributed by atoms with Crippen molar-refractivity contribution >= 4 is 5.97 Å². The van der Waals surface area contributed by atoms with Gasteiger partial charge in [0.15, 0.2) is 18.2 Å². The average molecular weight is 248 g/mol. The molecule has 2 rings (SSSR count). The zero-order valence-electron chi connectivity index (χ0n) is 9.21. The molecule has 0 saturated heterocycles. The van der Waals surface area contributed by atoms with Crippen LogP contribution in [0.15, 0.2) is 36.7 Å². The van der Waals surface area contributed by atoms with E-state index in [-0.39, 0.29) is 11.6 Å². The van der Waals surface area contributed by atoms with Crippen LogP contribution in [0.4, 0.5) is 4.39 Å². The smallest absolute Gasteiger partial charge is 0.341 e. The summed E-state index contributed by atoms with van der Waals surface area (Å²) in [6, 6.07) is 5.88. The molecule has 2 aromatic rings. The number of aromatic nitrogens is 2. The molecular weight excluding hydrogens is 239 g/mol. The van der Waals surface area contributed by atoms with Gasteiger partial charge in [0, 0.05) is 5.56 Å². The van der Waals surface area contributed by atoms with E-state index in [2.05, 4.69) is 9.97 Å². The van der Waals surface area contributed by atoms with E-state index >= 15 is 0 Å². The molecule has 1 aromatic carbocycles. The Labute approximate surface area is 102 Å². The summed E-state index contributed by atoms with van der Waals surface area (Å²) in [6.45, 7) is -0.456. The van der Waals surface area contributed by atoms with Crippen LogP contribution in [0.25, 0.3) is 11.4 Å². The summed E-state index contributed by atoms with van der Waals surface area (Å²) in [6.07, 6.45) is 2.69. The molecule has 0 spiro atoms. The topological polar surface area (TPSA) is 72.3 Å². The van der Waals surface area contributed by atoms with Gasteiger partial charge in [-0.05, 0) is 12.1 Å². The minimum atomic E-state index is -1.08. The zero-order chi connectivity index (χ0) is 13.0. The highest BCUT2D eigenvalue weighted by Crippen LogP contribution is 2.17. The van der Waals surface area contributed by atoms with Crippen LogP contribution in [0.5, 0.6) is 5.75 Å². The molecule has 92 valence electrons. The van der Waals surface area contributed by atoms with E-state index in [9.17, 15) is 9.18 Å². The lowest BCUT2D eigenvalue weighted by atomic mass is 10.2. The average Bonchev–Trinajstić information content (AvgIpc) is 2.37. The van der Waals surface area contributed by atoms with Gasteiger partial charge in [-0.3, -0.25) is 0 Å². The highest BCUT2D eigenvalue weighted by atomic mass is 19.1. The number of carboxylic acid groups (broad SMARTS) is 1. The number of hydrogen-bond acceptors (Lipinski definition) is 4. The van der Waals surface area contributed by atoms with Crippen LogP contribution in [0.3, 0.4) is 0 Å². The first-order valence-corrected chi connectivity index (χ1v) is 5.08. The Bertz CT molecular complexity index is 558. The highest BCUT2D eigenvalue weighted by Gasteiger charge is 2.04. The molecule has 0 atom stereocenters. The summed E-state index contributed by atoms with van der Waals surface area (Å²) in [7, 11) is 0. The molecule has 1 aromatic heterocycles. The third-order valence-electron chi connectivity index (χ3n) is 2.07. The number of nitrogens with zero attached hydrogens (tertiary/aromatic N) is 2. The maximum Gasteiger partial charge on any atom is 0.341 e. The first-order valence-electron chi connectivity index (χ1n) is 5.08. The van der Waals surface area contributed by atoms with E-state index in [0.717, 1.165) is 0 Å². The van der Waals surface area contributed by atoms with Crippen molar-refractivity contribution < 1.29 is 19.0 Å². The maximum absolute atomic E-state index is 13.0. The number of carboxylic acids is 1. The molecule has 1 heterocycles. The zero-order valence-corrected chi connectivity index (χ0v) is 9.21. The van der Waals surface area contributed by atoms with E-state index < -0.39 is 12.6 Å². The van der Waals surface area contributed by atoms with Crippen molar-refractivity contribution in [3.8, 4) is 17.1 Å². The molecule has 0 saturated carbocycles. The number of carbonyl (C=O) groups is 1. The Balaban J connectivity index is 2.14. The van der Waals surface area contributed by atoms with Gasteiger partial charge in [0.2, 0.25) is 0 Å². The fourth-order valence-corrected chi connectivity index (χ4v) is 1.31. The molecule has 5 nitrogen and oxygen atoms in total. The van der Waals surface area contributed by atoms with Crippen LogP contribution in [0.1, 0.15) is 0 Å². The van der Waals surface area contributed by atoms with E-state index in [1.54, 1.807) is 12.1 Å².